The monoisotopic (exact) mass is 737 g/mol. The van der Waals surface area contributed by atoms with Gasteiger partial charge in [-0.2, -0.15) is 0 Å². The van der Waals surface area contributed by atoms with E-state index < -0.39 is 47.2 Å². The number of rotatable bonds is 21. The predicted molar refractivity (Wildman–Crippen MR) is 203 cm³/mol. The summed E-state index contributed by atoms with van der Waals surface area (Å²) < 4.78 is 0. The van der Waals surface area contributed by atoms with Crippen molar-refractivity contribution in [1.29, 1.82) is 5.41 Å². The van der Waals surface area contributed by atoms with Crippen molar-refractivity contribution in [3.05, 3.63) is 70.8 Å². The fraction of sp³-hybridized carbons (Fsp3) is 0.457. The molecule has 0 radical (unpaired) electrons. The van der Waals surface area contributed by atoms with E-state index in [1.807, 2.05) is 0 Å². The van der Waals surface area contributed by atoms with Gasteiger partial charge in [0, 0.05) is 18.5 Å². The van der Waals surface area contributed by atoms with Gasteiger partial charge in [-0.1, -0.05) is 69.3 Å². The highest BCUT2D eigenvalue weighted by molar-refractivity contribution is 5.95. The van der Waals surface area contributed by atoms with E-state index in [0.29, 0.717) is 36.9 Å². The Balaban J connectivity index is 2.20. The fourth-order valence-electron chi connectivity index (χ4n) is 4.98. The first-order valence-corrected chi connectivity index (χ1v) is 17.2. The number of oxime groups is 1. The number of carbonyl (C=O) groups is 4. The van der Waals surface area contributed by atoms with Crippen LogP contribution < -0.4 is 55.7 Å². The molecule has 0 saturated heterocycles. The Morgan fingerprint density at radius 2 is 1.36 bits per heavy atom. The van der Waals surface area contributed by atoms with E-state index in [1.165, 1.54) is 0 Å². The third-order valence-corrected chi connectivity index (χ3v) is 7.88. The van der Waals surface area contributed by atoms with E-state index >= 15 is 0 Å². The van der Waals surface area contributed by atoms with E-state index in [1.54, 1.807) is 69.3 Å². The van der Waals surface area contributed by atoms with Crippen molar-refractivity contribution in [2.45, 2.75) is 84.1 Å². The predicted octanol–water partition coefficient (Wildman–Crippen LogP) is -1.17. The van der Waals surface area contributed by atoms with Crippen molar-refractivity contribution in [2.75, 3.05) is 13.2 Å². The lowest BCUT2D eigenvalue weighted by atomic mass is 9.85. The van der Waals surface area contributed by atoms with Gasteiger partial charge < -0.3 is 60.5 Å². The summed E-state index contributed by atoms with van der Waals surface area (Å²) in [6, 6.07) is 10.7. The summed E-state index contributed by atoms with van der Waals surface area (Å²) in [6.07, 6.45) is 1.42. The Morgan fingerprint density at radius 1 is 0.755 bits per heavy atom. The summed E-state index contributed by atoms with van der Waals surface area (Å²) in [5.41, 5.74) is 34.7. The van der Waals surface area contributed by atoms with Crippen molar-refractivity contribution in [3.63, 3.8) is 0 Å². The number of amidine groups is 1. The van der Waals surface area contributed by atoms with Crippen LogP contribution in [0.3, 0.4) is 0 Å². The molecule has 18 nitrogen and oxygen atoms in total. The zero-order valence-electron chi connectivity index (χ0n) is 30.6. The second kappa shape index (κ2) is 21.5. The number of nitrogens with zero attached hydrogens (tertiary/aromatic N) is 2. The Hall–Kier alpha value is -5.91. The van der Waals surface area contributed by atoms with Gasteiger partial charge in [-0.05, 0) is 53.1 Å². The zero-order chi connectivity index (χ0) is 39.6. The summed E-state index contributed by atoms with van der Waals surface area (Å²) in [5, 5.41) is 22.2. The average Bonchev–Trinajstić information content (AvgIpc) is 3.09. The zero-order valence-corrected chi connectivity index (χ0v) is 30.6. The molecule has 0 heterocycles. The second-order valence-electron chi connectivity index (χ2n) is 13.5. The number of nitrogens with one attached hydrogen (secondary N) is 5. The second-order valence-corrected chi connectivity index (χ2v) is 13.5. The molecule has 0 aliphatic heterocycles. The number of unbranched alkanes of at least 4 members (excludes halogenated alkanes) is 1. The molecule has 0 saturated carbocycles. The van der Waals surface area contributed by atoms with Crippen LogP contribution in [-0.4, -0.2) is 72.7 Å². The van der Waals surface area contributed by atoms with Crippen molar-refractivity contribution in [1.82, 2.24) is 21.3 Å². The summed E-state index contributed by atoms with van der Waals surface area (Å²) >= 11 is 0. The normalized spacial score (nSPS) is 12.6. The van der Waals surface area contributed by atoms with E-state index in [-0.39, 0.29) is 50.3 Å². The standard InChI is InChI=1S/C35H55N13O5/c1-35(2,3)28(32(52)46-25(6-4-5-16-36)30(50)43-19-23-11-13-24(14-12-23)29(37)38)47-31(51)26(15-17-53-48-34(41)42)45-27(49)18-21-7-9-22(10-8-21)20-44-33(39)40/h7-14,25-26,28H,4-6,15-20,36H2,1-3H3,(H3,37,38)(H,43,50)(H,45,49)(H,46,52)(H,47,51)(H4,39,40,44)(H4,41,42,48)/t25-,26-,28+/m0/s1. The molecule has 17 N–H and O–H groups in total. The Bertz CT molecular complexity index is 1580. The number of guanidine groups is 2. The number of hydrogen-bond acceptors (Lipinski definition) is 9. The molecule has 3 atom stereocenters. The molecule has 2 aromatic rings. The fourth-order valence-corrected chi connectivity index (χ4v) is 4.98. The van der Waals surface area contributed by atoms with Crippen molar-refractivity contribution in [3.8, 4) is 0 Å². The maximum Gasteiger partial charge on any atom is 0.243 e. The minimum Gasteiger partial charge on any atom is -0.393 e. The first kappa shape index (κ1) is 43.3. The minimum absolute atomic E-state index is 0.0361. The van der Waals surface area contributed by atoms with Crippen LogP contribution in [0.2, 0.25) is 0 Å². The topological polar surface area (TPSA) is 330 Å². The van der Waals surface area contributed by atoms with Gasteiger partial charge in [-0.15, -0.1) is 0 Å². The maximum absolute atomic E-state index is 13.8. The molecule has 18 heteroatoms. The molecule has 53 heavy (non-hydrogen) atoms. The van der Waals surface area contributed by atoms with Crippen molar-refractivity contribution < 1.29 is 24.0 Å². The molecular weight excluding hydrogens is 682 g/mol. The largest absolute Gasteiger partial charge is 0.393 e. The highest BCUT2D eigenvalue weighted by atomic mass is 16.6. The molecule has 0 aromatic heterocycles. The van der Waals surface area contributed by atoms with E-state index in [0.717, 1.165) is 11.1 Å². The highest BCUT2D eigenvalue weighted by Gasteiger charge is 2.36. The SMILES string of the molecule is CC(C)(C)[C@H](NC(=O)[C@H](CCON=C(N)N)NC(=O)Cc1ccc(CN=C(N)N)cc1)C(=O)N[C@@H](CCCCN)C(=O)NCc1ccc(C(=N)N)cc1. The number of carbonyl (C=O) groups excluding carboxylic acids is 4. The van der Waals surface area contributed by atoms with Crippen LogP contribution in [0.25, 0.3) is 0 Å². The van der Waals surface area contributed by atoms with E-state index in [9.17, 15) is 19.2 Å². The lowest BCUT2D eigenvalue weighted by Gasteiger charge is -2.33. The van der Waals surface area contributed by atoms with E-state index in [4.69, 9.17) is 44.6 Å². The first-order valence-electron chi connectivity index (χ1n) is 17.2. The quantitative estimate of drug-likeness (QED) is 0.0314. The third-order valence-electron chi connectivity index (χ3n) is 7.88. The van der Waals surface area contributed by atoms with E-state index in [2.05, 4.69) is 31.4 Å². The van der Waals surface area contributed by atoms with Crippen LogP contribution in [0.5, 0.6) is 0 Å². The van der Waals surface area contributed by atoms with Crippen LogP contribution >= 0.6 is 0 Å². The van der Waals surface area contributed by atoms with Gasteiger partial charge in [0.25, 0.3) is 0 Å². The molecule has 2 rings (SSSR count). The van der Waals surface area contributed by atoms with Gasteiger partial charge in [0.15, 0.2) is 5.96 Å². The Morgan fingerprint density at radius 3 is 1.92 bits per heavy atom. The van der Waals surface area contributed by atoms with Crippen molar-refractivity contribution in [2.24, 2.45) is 50.0 Å². The molecule has 0 aliphatic rings. The van der Waals surface area contributed by atoms with Gasteiger partial charge in [0.1, 0.15) is 30.6 Å². The summed E-state index contributed by atoms with van der Waals surface area (Å²) in [4.78, 5) is 63.1. The Kier molecular flexibility index (Phi) is 17.5. The molecule has 0 aliphatic carbocycles. The maximum atomic E-state index is 13.8. The molecule has 4 amide bonds. The van der Waals surface area contributed by atoms with Gasteiger partial charge in [0.05, 0.1) is 13.0 Å². The van der Waals surface area contributed by atoms with Gasteiger partial charge in [-0.25, -0.2) is 4.99 Å². The van der Waals surface area contributed by atoms with Crippen LogP contribution in [0.15, 0.2) is 58.7 Å². The van der Waals surface area contributed by atoms with Gasteiger partial charge in [0.2, 0.25) is 29.6 Å². The molecular formula is C35H55N13O5. The minimum atomic E-state index is -1.14. The molecule has 2 aromatic carbocycles. The summed E-state index contributed by atoms with van der Waals surface area (Å²) in [6.45, 7) is 6.02. The molecule has 290 valence electrons. The number of amides is 4. The number of benzene rings is 2. The molecule has 0 fully saturated rings. The lowest BCUT2D eigenvalue weighted by Crippen LogP contribution is -2.60. The average molecular weight is 738 g/mol. The van der Waals surface area contributed by atoms with Crippen LogP contribution in [0.4, 0.5) is 0 Å². The number of hydrogen-bond donors (Lipinski definition) is 11. The molecule has 0 unspecified atom stereocenters. The third kappa shape index (κ3) is 16.3. The highest BCUT2D eigenvalue weighted by Crippen LogP contribution is 2.20. The molecule has 0 bridgehead atoms. The van der Waals surface area contributed by atoms with Gasteiger partial charge >= 0.3 is 0 Å². The van der Waals surface area contributed by atoms with Crippen LogP contribution in [0.1, 0.15) is 68.7 Å². The number of nitrogens with two attached hydrogens (primary N) is 6. The Labute approximate surface area is 309 Å². The smallest absolute Gasteiger partial charge is 0.243 e. The summed E-state index contributed by atoms with van der Waals surface area (Å²) in [5.74, 6) is -2.56. The lowest BCUT2D eigenvalue weighted by molar-refractivity contribution is -0.136. The van der Waals surface area contributed by atoms with Crippen LogP contribution in [-0.2, 0) is 43.5 Å². The molecule has 0 spiro atoms. The number of aliphatic imine (C=N–C) groups is 1. The van der Waals surface area contributed by atoms with Crippen molar-refractivity contribution >= 4 is 41.4 Å². The number of nitrogen functional groups attached to an aromatic ring is 1. The van der Waals surface area contributed by atoms with Crippen LogP contribution in [0, 0.1) is 10.8 Å². The summed E-state index contributed by atoms with van der Waals surface area (Å²) in [7, 11) is 0. The van der Waals surface area contributed by atoms with Gasteiger partial charge in [-0.3, -0.25) is 24.6 Å². The first-order chi connectivity index (χ1) is 25.0.